The van der Waals surface area contributed by atoms with E-state index in [2.05, 4.69) is 5.32 Å². The Bertz CT molecular complexity index is 538. The van der Waals surface area contributed by atoms with E-state index in [9.17, 15) is 10.1 Å². The van der Waals surface area contributed by atoms with Crippen molar-refractivity contribution in [3.63, 3.8) is 0 Å². The second-order valence-corrected chi connectivity index (χ2v) is 5.60. The third kappa shape index (κ3) is 7.68. The Morgan fingerprint density at radius 1 is 1.04 bits per heavy atom. The van der Waals surface area contributed by atoms with Crippen LogP contribution >= 0.6 is 0 Å². The van der Waals surface area contributed by atoms with Crippen LogP contribution < -0.4 is 5.32 Å². The zero-order valence-corrected chi connectivity index (χ0v) is 13.3. The fourth-order valence-electron chi connectivity index (χ4n) is 2.48. The van der Waals surface area contributed by atoms with E-state index in [0.29, 0.717) is 6.04 Å². The third-order valence-corrected chi connectivity index (χ3v) is 3.78. The van der Waals surface area contributed by atoms with E-state index >= 15 is 0 Å². The zero-order valence-electron chi connectivity index (χ0n) is 13.3. The lowest BCUT2D eigenvalue weighted by Crippen LogP contribution is -2.27. The van der Waals surface area contributed by atoms with E-state index in [1.807, 2.05) is 12.1 Å². The second-order valence-electron chi connectivity index (χ2n) is 5.60. The van der Waals surface area contributed by atoms with Crippen LogP contribution in [0.2, 0.25) is 0 Å². The van der Waals surface area contributed by atoms with E-state index in [1.54, 1.807) is 12.1 Å². The lowest BCUT2D eigenvalue weighted by molar-refractivity contribution is -0.384. The van der Waals surface area contributed by atoms with Gasteiger partial charge in [0.1, 0.15) is 0 Å². The number of nitrogens with zero attached hydrogens (tertiary/aromatic N) is 1. The number of aliphatic carboxylic acids is 2. The molecule has 8 heteroatoms. The highest BCUT2D eigenvalue weighted by Gasteiger charge is 2.11. The molecule has 8 nitrogen and oxygen atoms in total. The van der Waals surface area contributed by atoms with E-state index in [0.717, 1.165) is 12.1 Å². The van der Waals surface area contributed by atoms with E-state index in [1.165, 1.54) is 38.5 Å². The molecule has 3 N–H and O–H groups in total. The summed E-state index contributed by atoms with van der Waals surface area (Å²) in [4.78, 5) is 28.4. The summed E-state index contributed by atoms with van der Waals surface area (Å²) in [5.41, 5.74) is 1.28. The first-order valence-electron chi connectivity index (χ1n) is 7.83. The lowest BCUT2D eigenvalue weighted by Gasteiger charge is -2.16. The Kier molecular flexibility index (Phi) is 8.42. The van der Waals surface area contributed by atoms with Gasteiger partial charge in [-0.1, -0.05) is 37.8 Å². The molecule has 1 saturated carbocycles. The summed E-state index contributed by atoms with van der Waals surface area (Å²) >= 11 is 0. The number of carbonyl (C=O) groups is 2. The summed E-state index contributed by atoms with van der Waals surface area (Å²) in [5.74, 6) is -3.65. The number of non-ortho nitro benzene ring substituents is 1. The highest BCUT2D eigenvalue weighted by molar-refractivity contribution is 6.27. The molecule has 1 aliphatic rings. The molecular weight excluding hydrogens is 316 g/mol. The van der Waals surface area contributed by atoms with Gasteiger partial charge in [-0.05, 0) is 18.4 Å². The van der Waals surface area contributed by atoms with Gasteiger partial charge in [-0.25, -0.2) is 9.59 Å². The third-order valence-electron chi connectivity index (χ3n) is 3.78. The lowest BCUT2D eigenvalue weighted by atomic mass is 10.1. The average Bonchev–Trinajstić information content (AvgIpc) is 2.82. The first-order chi connectivity index (χ1) is 11.4. The van der Waals surface area contributed by atoms with Crippen LogP contribution in [0.4, 0.5) is 5.69 Å². The van der Waals surface area contributed by atoms with Gasteiger partial charge in [0.05, 0.1) is 4.92 Å². The monoisotopic (exact) mass is 338 g/mol. The molecule has 1 aromatic carbocycles. The van der Waals surface area contributed by atoms with E-state index < -0.39 is 11.9 Å². The summed E-state index contributed by atoms with van der Waals surface area (Å²) in [6.45, 7) is 0.808. The summed E-state index contributed by atoms with van der Waals surface area (Å²) in [7, 11) is 0. The number of carboxylic acids is 2. The van der Waals surface area contributed by atoms with Gasteiger partial charge in [0.25, 0.3) is 5.69 Å². The fourth-order valence-corrected chi connectivity index (χ4v) is 2.48. The van der Waals surface area contributed by atoms with Gasteiger partial charge in [-0.15, -0.1) is 0 Å². The Morgan fingerprint density at radius 2 is 1.54 bits per heavy atom. The minimum Gasteiger partial charge on any atom is -0.473 e. The molecule has 132 valence electrons. The van der Waals surface area contributed by atoms with Gasteiger partial charge in [0.2, 0.25) is 0 Å². The van der Waals surface area contributed by atoms with Crippen molar-refractivity contribution in [3.05, 3.63) is 39.9 Å². The van der Waals surface area contributed by atoms with Gasteiger partial charge in [-0.3, -0.25) is 10.1 Å². The number of nitro groups is 1. The molecule has 0 aliphatic heterocycles. The molecule has 0 saturated heterocycles. The highest BCUT2D eigenvalue weighted by atomic mass is 16.6. The number of rotatable bonds is 4. The van der Waals surface area contributed by atoms with Crippen LogP contribution in [0, 0.1) is 10.1 Å². The molecule has 1 fully saturated rings. The van der Waals surface area contributed by atoms with Crippen molar-refractivity contribution in [2.24, 2.45) is 0 Å². The van der Waals surface area contributed by atoms with Crippen LogP contribution in [0.15, 0.2) is 24.3 Å². The van der Waals surface area contributed by atoms with Gasteiger partial charge < -0.3 is 15.5 Å². The Labute approximate surface area is 139 Å². The number of hydrogen-bond acceptors (Lipinski definition) is 5. The fraction of sp³-hybridized carbons (Fsp3) is 0.500. The molecule has 1 aliphatic carbocycles. The molecule has 0 amide bonds. The Hall–Kier alpha value is -2.48. The molecule has 0 aromatic heterocycles. The van der Waals surface area contributed by atoms with Crippen LogP contribution in [0.3, 0.4) is 0 Å². The SMILES string of the molecule is O=C(O)C(=O)O.O=[N+]([O-])c1ccc(CNC2CCCCCC2)cc1. The number of nitrogens with one attached hydrogen (secondary N) is 1. The summed E-state index contributed by atoms with van der Waals surface area (Å²) < 4.78 is 0. The van der Waals surface area contributed by atoms with E-state index in [-0.39, 0.29) is 10.6 Å². The zero-order chi connectivity index (χ0) is 17.9. The molecule has 0 unspecified atom stereocenters. The minimum absolute atomic E-state index is 0.160. The van der Waals surface area contributed by atoms with Crippen molar-refractivity contribution in [2.45, 2.75) is 51.1 Å². The number of carboxylic acid groups (broad SMARTS) is 2. The molecule has 24 heavy (non-hydrogen) atoms. The van der Waals surface area contributed by atoms with Crippen LogP contribution in [0.25, 0.3) is 0 Å². The van der Waals surface area contributed by atoms with Crippen LogP contribution in [0.5, 0.6) is 0 Å². The van der Waals surface area contributed by atoms with Gasteiger partial charge in [0.15, 0.2) is 0 Å². The van der Waals surface area contributed by atoms with Crippen molar-refractivity contribution in [2.75, 3.05) is 0 Å². The van der Waals surface area contributed by atoms with Crippen molar-refractivity contribution in [3.8, 4) is 0 Å². The second kappa shape index (κ2) is 10.3. The van der Waals surface area contributed by atoms with Crippen molar-refractivity contribution >= 4 is 17.6 Å². The summed E-state index contributed by atoms with van der Waals surface area (Å²) in [6.07, 6.45) is 7.86. The normalized spacial score (nSPS) is 14.8. The topological polar surface area (TPSA) is 130 Å². The Balaban J connectivity index is 0.000000413. The number of nitro benzene ring substituents is 1. The molecule has 2 rings (SSSR count). The van der Waals surface area contributed by atoms with Crippen LogP contribution in [0.1, 0.15) is 44.1 Å². The number of benzene rings is 1. The maximum Gasteiger partial charge on any atom is 0.414 e. The average molecular weight is 338 g/mol. The van der Waals surface area contributed by atoms with Crippen molar-refractivity contribution < 1.29 is 24.7 Å². The maximum absolute atomic E-state index is 10.5. The van der Waals surface area contributed by atoms with Crippen LogP contribution in [-0.2, 0) is 16.1 Å². The van der Waals surface area contributed by atoms with Crippen molar-refractivity contribution in [1.82, 2.24) is 5.32 Å². The molecular formula is C16H22N2O6. The molecule has 0 bridgehead atoms. The smallest absolute Gasteiger partial charge is 0.414 e. The van der Waals surface area contributed by atoms with Gasteiger partial charge in [-0.2, -0.15) is 0 Å². The first-order valence-corrected chi connectivity index (χ1v) is 7.83. The van der Waals surface area contributed by atoms with Gasteiger partial charge >= 0.3 is 11.9 Å². The maximum atomic E-state index is 10.5. The molecule has 0 spiro atoms. The summed E-state index contributed by atoms with van der Waals surface area (Å²) in [6, 6.07) is 7.43. The van der Waals surface area contributed by atoms with Crippen molar-refractivity contribution in [1.29, 1.82) is 0 Å². The standard InChI is InChI=1S/C14H20N2O2.C2H2O4/c17-16(18)14-9-7-12(8-10-14)11-15-13-5-3-1-2-4-6-13;3-1(4)2(5)6/h7-10,13,15H,1-6,11H2;(H,3,4)(H,5,6). The van der Waals surface area contributed by atoms with E-state index in [4.69, 9.17) is 19.8 Å². The molecule has 1 aromatic rings. The van der Waals surface area contributed by atoms with Crippen LogP contribution in [-0.4, -0.2) is 33.1 Å². The molecule has 0 radical (unpaired) electrons. The number of hydrogen-bond donors (Lipinski definition) is 3. The highest BCUT2D eigenvalue weighted by Crippen LogP contribution is 2.18. The molecule has 0 atom stereocenters. The quantitative estimate of drug-likeness (QED) is 0.333. The Morgan fingerprint density at radius 3 is 1.96 bits per heavy atom. The minimum atomic E-state index is -1.82. The predicted molar refractivity (Wildman–Crippen MR) is 86.7 cm³/mol. The first kappa shape index (κ1) is 19.6. The molecule has 0 heterocycles. The summed E-state index contributed by atoms with van der Waals surface area (Å²) in [5, 5.41) is 28.9. The predicted octanol–water partition coefficient (Wildman–Crippen LogP) is 2.56. The largest absolute Gasteiger partial charge is 0.473 e. The van der Waals surface area contributed by atoms with Gasteiger partial charge in [0, 0.05) is 24.7 Å².